The molecule has 1 aliphatic heterocycles. The lowest BCUT2D eigenvalue weighted by Crippen LogP contribution is -2.32. The molecule has 0 bridgehead atoms. The molecule has 2 rings (SSSR count). The maximum absolute atomic E-state index is 12.1. The first-order chi connectivity index (χ1) is 8.06. The monoisotopic (exact) mass is 364 g/mol. The minimum absolute atomic E-state index is 0.152. The van der Waals surface area contributed by atoms with Crippen LogP contribution in [0, 0.1) is 8.80 Å². The number of amides is 1. The molecule has 0 saturated carbocycles. The van der Waals surface area contributed by atoms with E-state index in [9.17, 15) is 4.79 Å². The van der Waals surface area contributed by atoms with E-state index < -0.39 is 0 Å². The summed E-state index contributed by atoms with van der Waals surface area (Å²) in [6.07, 6.45) is 1.20. The SMILES string of the molecule is CN1CCC(CN(C)C(=O)c2csc(I)c2)C1. The van der Waals surface area contributed by atoms with E-state index in [1.165, 1.54) is 9.30 Å². The molecule has 0 spiro atoms. The minimum Gasteiger partial charge on any atom is -0.341 e. The molecular formula is C12H17IN2OS. The van der Waals surface area contributed by atoms with Crippen LogP contribution in [0.25, 0.3) is 0 Å². The van der Waals surface area contributed by atoms with Crippen LogP contribution in [0.2, 0.25) is 0 Å². The quantitative estimate of drug-likeness (QED) is 0.769. The van der Waals surface area contributed by atoms with Gasteiger partial charge in [-0.25, -0.2) is 0 Å². The van der Waals surface area contributed by atoms with E-state index in [0.29, 0.717) is 5.92 Å². The molecule has 1 fully saturated rings. The second kappa shape index (κ2) is 5.67. The van der Waals surface area contributed by atoms with Gasteiger partial charge >= 0.3 is 0 Å². The summed E-state index contributed by atoms with van der Waals surface area (Å²) >= 11 is 3.88. The first-order valence-electron chi connectivity index (χ1n) is 5.74. The van der Waals surface area contributed by atoms with Gasteiger partial charge in [0.05, 0.1) is 8.45 Å². The van der Waals surface area contributed by atoms with Gasteiger partial charge in [-0.15, -0.1) is 11.3 Å². The molecule has 1 aromatic heterocycles. The van der Waals surface area contributed by atoms with Crippen LogP contribution in [0.1, 0.15) is 16.8 Å². The Morgan fingerprint density at radius 3 is 3.00 bits per heavy atom. The zero-order valence-electron chi connectivity index (χ0n) is 10.1. The fourth-order valence-electron chi connectivity index (χ4n) is 2.29. The van der Waals surface area contributed by atoms with E-state index in [1.54, 1.807) is 11.3 Å². The first-order valence-corrected chi connectivity index (χ1v) is 7.70. The Morgan fingerprint density at radius 2 is 2.47 bits per heavy atom. The fourth-order valence-corrected chi connectivity index (χ4v) is 3.61. The van der Waals surface area contributed by atoms with Crippen LogP contribution in [0.15, 0.2) is 11.4 Å². The van der Waals surface area contributed by atoms with Crippen molar-refractivity contribution in [1.82, 2.24) is 9.80 Å². The molecule has 0 N–H and O–H groups in total. The average Bonchev–Trinajstić information content (AvgIpc) is 2.87. The summed E-state index contributed by atoms with van der Waals surface area (Å²) < 4.78 is 1.17. The number of hydrogen-bond donors (Lipinski definition) is 0. The molecule has 1 unspecified atom stereocenters. The molecule has 2 heterocycles. The van der Waals surface area contributed by atoms with Gasteiger partial charge in [0.15, 0.2) is 0 Å². The Morgan fingerprint density at radius 1 is 1.71 bits per heavy atom. The summed E-state index contributed by atoms with van der Waals surface area (Å²) in [5.74, 6) is 0.783. The molecule has 1 saturated heterocycles. The van der Waals surface area contributed by atoms with Crippen molar-refractivity contribution in [3.63, 3.8) is 0 Å². The van der Waals surface area contributed by atoms with Crippen LogP contribution in [0.4, 0.5) is 0 Å². The third kappa shape index (κ3) is 3.42. The van der Waals surface area contributed by atoms with Gasteiger partial charge in [-0.05, 0) is 54.6 Å². The molecule has 5 heteroatoms. The Balaban J connectivity index is 1.91. The van der Waals surface area contributed by atoms with E-state index in [4.69, 9.17) is 0 Å². The third-order valence-electron chi connectivity index (χ3n) is 3.18. The number of rotatable bonds is 3. The number of halogens is 1. The third-order valence-corrected chi connectivity index (χ3v) is 4.97. The van der Waals surface area contributed by atoms with E-state index >= 15 is 0 Å². The van der Waals surface area contributed by atoms with Crippen molar-refractivity contribution in [1.29, 1.82) is 0 Å². The van der Waals surface area contributed by atoms with Gasteiger partial charge in [0, 0.05) is 25.5 Å². The van der Waals surface area contributed by atoms with Gasteiger partial charge in [0.2, 0.25) is 0 Å². The minimum atomic E-state index is 0.152. The lowest BCUT2D eigenvalue weighted by Gasteiger charge is -2.20. The van der Waals surface area contributed by atoms with Crippen LogP contribution in [0.5, 0.6) is 0 Å². The molecule has 3 nitrogen and oxygen atoms in total. The van der Waals surface area contributed by atoms with Crippen molar-refractivity contribution in [2.45, 2.75) is 6.42 Å². The number of thiophene rings is 1. The number of carbonyl (C=O) groups is 1. The van der Waals surface area contributed by atoms with Crippen LogP contribution in [-0.4, -0.2) is 49.4 Å². The van der Waals surface area contributed by atoms with Gasteiger partial charge in [-0.2, -0.15) is 0 Å². The standard InChI is InChI=1S/C12H17IN2OS/c1-14-4-3-9(6-14)7-15(2)12(16)10-5-11(13)17-8-10/h5,8-9H,3-4,6-7H2,1-2H3. The van der Waals surface area contributed by atoms with Crippen molar-refractivity contribution in [3.05, 3.63) is 19.9 Å². The van der Waals surface area contributed by atoms with E-state index in [2.05, 4.69) is 34.5 Å². The Labute approximate surface area is 120 Å². The smallest absolute Gasteiger partial charge is 0.254 e. The van der Waals surface area contributed by atoms with E-state index in [1.807, 2.05) is 23.4 Å². The predicted molar refractivity (Wildman–Crippen MR) is 79.6 cm³/mol. The van der Waals surface area contributed by atoms with E-state index in [0.717, 1.165) is 25.2 Å². The van der Waals surface area contributed by atoms with Crippen molar-refractivity contribution >= 4 is 39.8 Å². The molecule has 0 aliphatic carbocycles. The molecule has 0 aromatic carbocycles. The molecule has 1 aliphatic rings. The summed E-state index contributed by atoms with van der Waals surface area (Å²) in [4.78, 5) is 16.3. The van der Waals surface area contributed by atoms with Crippen molar-refractivity contribution < 1.29 is 4.79 Å². The normalized spacial score (nSPS) is 20.8. The van der Waals surface area contributed by atoms with Gasteiger partial charge in [-0.3, -0.25) is 4.79 Å². The maximum atomic E-state index is 12.1. The van der Waals surface area contributed by atoms with Gasteiger partial charge in [-0.1, -0.05) is 0 Å². The highest BCUT2D eigenvalue weighted by molar-refractivity contribution is 14.1. The van der Waals surface area contributed by atoms with Gasteiger partial charge in [0.25, 0.3) is 5.91 Å². The first kappa shape index (κ1) is 13.3. The largest absolute Gasteiger partial charge is 0.341 e. The number of carbonyl (C=O) groups excluding carboxylic acids is 1. The summed E-state index contributed by atoms with van der Waals surface area (Å²) in [5.41, 5.74) is 0.827. The zero-order chi connectivity index (χ0) is 12.4. The average molecular weight is 364 g/mol. The summed E-state index contributed by atoms with van der Waals surface area (Å²) in [5, 5.41) is 1.95. The molecule has 1 aromatic rings. The molecular weight excluding hydrogens is 347 g/mol. The van der Waals surface area contributed by atoms with Crippen molar-refractivity contribution in [3.8, 4) is 0 Å². The number of hydrogen-bond acceptors (Lipinski definition) is 3. The number of nitrogens with zero attached hydrogens (tertiary/aromatic N) is 2. The second-order valence-corrected chi connectivity index (χ2v) is 7.55. The van der Waals surface area contributed by atoms with Crippen molar-refractivity contribution in [2.75, 3.05) is 33.7 Å². The fraction of sp³-hybridized carbons (Fsp3) is 0.583. The Hall–Kier alpha value is -0.140. The highest BCUT2D eigenvalue weighted by Crippen LogP contribution is 2.20. The predicted octanol–water partition coefficient (Wildman–Crippen LogP) is 2.38. The topological polar surface area (TPSA) is 23.6 Å². The lowest BCUT2D eigenvalue weighted by atomic mass is 10.1. The molecule has 94 valence electrons. The lowest BCUT2D eigenvalue weighted by molar-refractivity contribution is 0.0774. The van der Waals surface area contributed by atoms with Gasteiger partial charge < -0.3 is 9.80 Å². The summed E-state index contributed by atoms with van der Waals surface area (Å²) in [6.45, 7) is 3.14. The van der Waals surface area contributed by atoms with E-state index in [-0.39, 0.29) is 5.91 Å². The highest BCUT2D eigenvalue weighted by atomic mass is 127. The van der Waals surface area contributed by atoms with Gasteiger partial charge in [0.1, 0.15) is 0 Å². The van der Waals surface area contributed by atoms with Crippen molar-refractivity contribution in [2.24, 2.45) is 5.92 Å². The Kier molecular flexibility index (Phi) is 4.43. The highest BCUT2D eigenvalue weighted by Gasteiger charge is 2.23. The molecule has 1 amide bonds. The molecule has 0 radical (unpaired) electrons. The summed E-state index contributed by atoms with van der Waals surface area (Å²) in [6, 6.07) is 1.96. The summed E-state index contributed by atoms with van der Waals surface area (Å²) in [7, 11) is 4.05. The maximum Gasteiger partial charge on any atom is 0.254 e. The van der Waals surface area contributed by atoms with Crippen LogP contribution < -0.4 is 0 Å². The zero-order valence-corrected chi connectivity index (χ0v) is 13.1. The van der Waals surface area contributed by atoms with Crippen LogP contribution in [-0.2, 0) is 0 Å². The molecule has 17 heavy (non-hydrogen) atoms. The molecule has 1 atom stereocenters. The van der Waals surface area contributed by atoms with Crippen LogP contribution in [0.3, 0.4) is 0 Å². The number of likely N-dealkylation sites (tertiary alicyclic amines) is 1. The Bertz CT molecular complexity index is 407. The van der Waals surface area contributed by atoms with Crippen LogP contribution >= 0.6 is 33.9 Å². The second-order valence-electron chi connectivity index (χ2n) is 4.74.